The van der Waals surface area contributed by atoms with Crippen molar-refractivity contribution >= 4 is 29.4 Å². The maximum Gasteiger partial charge on any atom is 0.328 e. The summed E-state index contributed by atoms with van der Waals surface area (Å²) in [6, 6.07) is 5.00. The lowest BCUT2D eigenvalue weighted by Crippen LogP contribution is -2.43. The zero-order valence-electron chi connectivity index (χ0n) is 11.0. The van der Waals surface area contributed by atoms with Crippen LogP contribution in [0.25, 0.3) is 0 Å². The van der Waals surface area contributed by atoms with E-state index < -0.39 is 23.9 Å². The highest BCUT2D eigenvalue weighted by molar-refractivity contribution is 6.30. The van der Waals surface area contributed by atoms with Gasteiger partial charge < -0.3 is 14.8 Å². The monoisotopic (exact) mass is 299 g/mol. The van der Waals surface area contributed by atoms with Crippen molar-refractivity contribution < 1.29 is 23.9 Å². The number of hydrogen-bond donors (Lipinski definition) is 1. The van der Waals surface area contributed by atoms with Crippen LogP contribution in [0.1, 0.15) is 16.8 Å². The molecule has 1 rings (SSSR count). The van der Waals surface area contributed by atoms with Gasteiger partial charge in [0.05, 0.1) is 20.6 Å². The maximum atomic E-state index is 11.9. The van der Waals surface area contributed by atoms with Crippen LogP contribution in [0.4, 0.5) is 0 Å². The Morgan fingerprint density at radius 3 is 2.25 bits per heavy atom. The molecule has 1 atom stereocenters. The summed E-state index contributed by atoms with van der Waals surface area (Å²) < 4.78 is 8.99. The van der Waals surface area contributed by atoms with E-state index in [4.69, 9.17) is 11.6 Å². The highest BCUT2D eigenvalue weighted by Gasteiger charge is 2.25. The standard InChI is InChI=1S/C13H14ClNO5/c1-19-11(16)7-10(13(18)20-2)15-12(17)8-3-5-9(14)6-4-8/h3-6,10H,7H2,1-2H3,(H,15,17)/t10-/m1/s1. The third-order valence-electron chi connectivity index (χ3n) is 2.50. The first-order valence-corrected chi connectivity index (χ1v) is 6.06. The van der Waals surface area contributed by atoms with Gasteiger partial charge in [-0.05, 0) is 24.3 Å². The molecule has 0 spiro atoms. The number of rotatable bonds is 5. The summed E-state index contributed by atoms with van der Waals surface area (Å²) in [4.78, 5) is 34.7. The number of esters is 2. The molecule has 1 N–H and O–H groups in total. The Kier molecular flexibility index (Phi) is 5.99. The van der Waals surface area contributed by atoms with Gasteiger partial charge in [0.15, 0.2) is 0 Å². The van der Waals surface area contributed by atoms with Crippen LogP contribution in [0.2, 0.25) is 5.02 Å². The first-order chi connectivity index (χ1) is 9.47. The smallest absolute Gasteiger partial charge is 0.328 e. The van der Waals surface area contributed by atoms with Gasteiger partial charge in [0, 0.05) is 10.6 Å². The molecular weight excluding hydrogens is 286 g/mol. The normalized spacial score (nSPS) is 11.3. The molecule has 0 unspecified atom stereocenters. The summed E-state index contributed by atoms with van der Waals surface area (Å²) >= 11 is 5.72. The number of carbonyl (C=O) groups is 3. The fourth-order valence-electron chi connectivity index (χ4n) is 1.43. The van der Waals surface area contributed by atoms with Gasteiger partial charge in [0.25, 0.3) is 5.91 Å². The van der Waals surface area contributed by atoms with E-state index in [2.05, 4.69) is 14.8 Å². The quantitative estimate of drug-likeness (QED) is 0.826. The van der Waals surface area contributed by atoms with Crippen molar-refractivity contribution in [1.82, 2.24) is 5.32 Å². The van der Waals surface area contributed by atoms with Gasteiger partial charge in [0.1, 0.15) is 6.04 Å². The number of carbonyl (C=O) groups excluding carboxylic acids is 3. The largest absolute Gasteiger partial charge is 0.469 e. The molecule has 6 nitrogen and oxygen atoms in total. The Balaban J connectivity index is 2.78. The Morgan fingerprint density at radius 2 is 1.75 bits per heavy atom. The molecule has 1 aromatic rings. The topological polar surface area (TPSA) is 81.7 Å². The molecule has 0 fully saturated rings. The van der Waals surface area contributed by atoms with Crippen LogP contribution >= 0.6 is 11.6 Å². The minimum absolute atomic E-state index is 0.303. The fourth-order valence-corrected chi connectivity index (χ4v) is 1.55. The summed E-state index contributed by atoms with van der Waals surface area (Å²) in [5.41, 5.74) is 0.313. The molecule has 7 heteroatoms. The molecule has 0 aliphatic heterocycles. The molecule has 20 heavy (non-hydrogen) atoms. The Morgan fingerprint density at radius 1 is 1.15 bits per heavy atom. The third kappa shape index (κ3) is 4.55. The summed E-state index contributed by atoms with van der Waals surface area (Å²) in [6.07, 6.45) is -0.303. The van der Waals surface area contributed by atoms with E-state index in [-0.39, 0.29) is 6.42 Å². The summed E-state index contributed by atoms with van der Waals surface area (Å²) in [5, 5.41) is 2.90. The van der Waals surface area contributed by atoms with Gasteiger partial charge in [-0.2, -0.15) is 0 Å². The van der Waals surface area contributed by atoms with Crippen LogP contribution in [0.15, 0.2) is 24.3 Å². The highest BCUT2D eigenvalue weighted by Crippen LogP contribution is 2.10. The SMILES string of the molecule is COC(=O)C[C@@H](NC(=O)c1ccc(Cl)cc1)C(=O)OC. The molecule has 0 saturated carbocycles. The third-order valence-corrected chi connectivity index (χ3v) is 2.75. The number of hydrogen-bond acceptors (Lipinski definition) is 5. The molecular formula is C13H14ClNO5. The Hall–Kier alpha value is -2.08. The predicted octanol–water partition coefficient (Wildman–Crippen LogP) is 1.17. The Labute approximate surface area is 121 Å². The van der Waals surface area contributed by atoms with Crippen molar-refractivity contribution in [3.05, 3.63) is 34.9 Å². The second-order valence-corrected chi connectivity index (χ2v) is 4.27. The van der Waals surface area contributed by atoms with Crippen molar-refractivity contribution in [1.29, 1.82) is 0 Å². The molecule has 1 aromatic carbocycles. The van der Waals surface area contributed by atoms with E-state index in [1.165, 1.54) is 26.4 Å². The first-order valence-electron chi connectivity index (χ1n) is 5.69. The minimum atomic E-state index is -1.10. The van der Waals surface area contributed by atoms with Gasteiger partial charge in [-0.3, -0.25) is 9.59 Å². The van der Waals surface area contributed by atoms with Gasteiger partial charge >= 0.3 is 11.9 Å². The van der Waals surface area contributed by atoms with E-state index in [9.17, 15) is 14.4 Å². The molecule has 0 saturated heterocycles. The fraction of sp³-hybridized carbons (Fsp3) is 0.308. The van der Waals surface area contributed by atoms with Crippen LogP contribution in [0.5, 0.6) is 0 Å². The van der Waals surface area contributed by atoms with E-state index >= 15 is 0 Å². The van der Waals surface area contributed by atoms with E-state index in [0.29, 0.717) is 10.6 Å². The first kappa shape index (κ1) is 16.0. The highest BCUT2D eigenvalue weighted by atomic mass is 35.5. The van der Waals surface area contributed by atoms with Gasteiger partial charge in [-0.15, -0.1) is 0 Å². The van der Waals surface area contributed by atoms with Crippen molar-refractivity contribution in [2.75, 3.05) is 14.2 Å². The average Bonchev–Trinajstić information content (AvgIpc) is 2.46. The molecule has 108 valence electrons. The maximum absolute atomic E-state index is 11.9. The predicted molar refractivity (Wildman–Crippen MR) is 71.4 cm³/mol. The van der Waals surface area contributed by atoms with Crippen LogP contribution in [-0.2, 0) is 19.1 Å². The van der Waals surface area contributed by atoms with Crippen LogP contribution < -0.4 is 5.32 Å². The second kappa shape index (κ2) is 7.49. The number of benzene rings is 1. The van der Waals surface area contributed by atoms with Crippen molar-refractivity contribution in [3.63, 3.8) is 0 Å². The summed E-state index contributed by atoms with van der Waals surface area (Å²) in [6.45, 7) is 0. The molecule has 1 amide bonds. The molecule has 0 aromatic heterocycles. The lowest BCUT2D eigenvalue weighted by atomic mass is 10.1. The average molecular weight is 300 g/mol. The molecule has 0 aliphatic rings. The van der Waals surface area contributed by atoms with Gasteiger partial charge in [0.2, 0.25) is 0 Å². The van der Waals surface area contributed by atoms with Crippen LogP contribution in [-0.4, -0.2) is 38.1 Å². The zero-order valence-corrected chi connectivity index (χ0v) is 11.8. The Bertz CT molecular complexity index is 500. The van der Waals surface area contributed by atoms with E-state index in [0.717, 1.165) is 0 Å². The molecule has 0 aliphatic carbocycles. The summed E-state index contributed by atoms with van der Waals surface area (Å²) in [5.74, 6) is -1.87. The van der Waals surface area contributed by atoms with Gasteiger partial charge in [-0.25, -0.2) is 4.79 Å². The minimum Gasteiger partial charge on any atom is -0.469 e. The lowest BCUT2D eigenvalue weighted by molar-refractivity contribution is -0.149. The number of halogens is 1. The number of methoxy groups -OCH3 is 2. The molecule has 0 heterocycles. The van der Waals surface area contributed by atoms with Crippen LogP contribution in [0, 0.1) is 0 Å². The number of ether oxygens (including phenoxy) is 2. The van der Waals surface area contributed by atoms with E-state index in [1.54, 1.807) is 12.1 Å². The van der Waals surface area contributed by atoms with Crippen molar-refractivity contribution in [3.8, 4) is 0 Å². The van der Waals surface area contributed by atoms with E-state index in [1.807, 2.05) is 0 Å². The molecule has 0 bridgehead atoms. The lowest BCUT2D eigenvalue weighted by Gasteiger charge is -2.15. The van der Waals surface area contributed by atoms with Crippen molar-refractivity contribution in [2.45, 2.75) is 12.5 Å². The van der Waals surface area contributed by atoms with Crippen LogP contribution in [0.3, 0.4) is 0 Å². The number of amides is 1. The summed E-state index contributed by atoms with van der Waals surface area (Å²) in [7, 11) is 2.36. The molecule has 0 radical (unpaired) electrons. The second-order valence-electron chi connectivity index (χ2n) is 3.84. The number of nitrogens with one attached hydrogen (secondary N) is 1. The zero-order chi connectivity index (χ0) is 15.1. The van der Waals surface area contributed by atoms with Crippen molar-refractivity contribution in [2.24, 2.45) is 0 Å². The van der Waals surface area contributed by atoms with Gasteiger partial charge in [-0.1, -0.05) is 11.6 Å².